The van der Waals surface area contributed by atoms with E-state index in [4.69, 9.17) is 4.74 Å². The van der Waals surface area contributed by atoms with E-state index in [0.29, 0.717) is 5.69 Å². The van der Waals surface area contributed by atoms with Crippen LogP contribution in [0.1, 0.15) is 52.0 Å². The van der Waals surface area contributed by atoms with E-state index in [9.17, 15) is 14.7 Å². The smallest absolute Gasteiger partial charge is 0.408 e. The molecule has 162 valence electrons. The average Bonchev–Trinajstić information content (AvgIpc) is 2.65. The lowest BCUT2D eigenvalue weighted by molar-refractivity contribution is -0.126. The van der Waals surface area contributed by atoms with Crippen LogP contribution in [0.3, 0.4) is 0 Å². The third kappa shape index (κ3) is 6.81. The molecule has 30 heavy (non-hydrogen) atoms. The van der Waals surface area contributed by atoms with Gasteiger partial charge in [-0.3, -0.25) is 14.8 Å². The summed E-state index contributed by atoms with van der Waals surface area (Å²) < 4.78 is 5.16. The number of hydrogen-bond acceptors (Lipinski definition) is 6. The second-order valence-corrected chi connectivity index (χ2v) is 8.25. The number of pyridine rings is 2. The van der Waals surface area contributed by atoms with Crippen molar-refractivity contribution in [3.8, 4) is 11.1 Å². The Kier molecular flexibility index (Phi) is 7.50. The standard InChI is InChI=1S/C22H30N4O4/c1-13-7-8-16(11-23-13)17-9-10-18(24-12-17)14(2)25-20(28)19(15(3)27)26-21(29)30-22(4,5)6/h7-12,14-15,19,27H,1-6H3,(H,25,28)(H,26,29)/t14-,15-,19+/m1/s1. The molecular formula is C22H30N4O4. The van der Waals surface area contributed by atoms with Gasteiger partial charge in [-0.2, -0.15) is 0 Å². The van der Waals surface area contributed by atoms with Crippen LogP contribution in [0, 0.1) is 6.92 Å². The van der Waals surface area contributed by atoms with E-state index < -0.39 is 35.8 Å². The Morgan fingerprint density at radius 3 is 2.07 bits per heavy atom. The number of rotatable bonds is 6. The van der Waals surface area contributed by atoms with Crippen molar-refractivity contribution < 1.29 is 19.4 Å². The number of amides is 2. The zero-order valence-corrected chi connectivity index (χ0v) is 18.3. The van der Waals surface area contributed by atoms with Crippen molar-refractivity contribution in [1.29, 1.82) is 0 Å². The molecule has 2 aromatic rings. The molecule has 0 saturated heterocycles. The minimum atomic E-state index is -1.15. The van der Waals surface area contributed by atoms with Crippen LogP contribution in [-0.4, -0.2) is 44.8 Å². The lowest BCUT2D eigenvalue weighted by Gasteiger charge is -2.25. The number of ether oxygens (including phenoxy) is 1. The summed E-state index contributed by atoms with van der Waals surface area (Å²) in [4.78, 5) is 33.3. The molecule has 2 heterocycles. The van der Waals surface area contributed by atoms with Crippen molar-refractivity contribution in [2.75, 3.05) is 0 Å². The van der Waals surface area contributed by atoms with Gasteiger partial charge < -0.3 is 20.5 Å². The van der Waals surface area contributed by atoms with Gasteiger partial charge >= 0.3 is 6.09 Å². The van der Waals surface area contributed by atoms with Crippen LogP contribution in [0.4, 0.5) is 4.79 Å². The van der Waals surface area contributed by atoms with Crippen molar-refractivity contribution >= 4 is 12.0 Å². The van der Waals surface area contributed by atoms with Gasteiger partial charge in [0.05, 0.1) is 17.8 Å². The lowest BCUT2D eigenvalue weighted by Crippen LogP contribution is -2.53. The van der Waals surface area contributed by atoms with E-state index in [2.05, 4.69) is 20.6 Å². The molecule has 0 aliphatic carbocycles. The van der Waals surface area contributed by atoms with E-state index in [1.807, 2.05) is 31.2 Å². The molecule has 0 aromatic carbocycles. The largest absolute Gasteiger partial charge is 0.444 e. The normalized spacial score (nSPS) is 14.4. The zero-order valence-electron chi connectivity index (χ0n) is 18.3. The van der Waals surface area contributed by atoms with Crippen LogP contribution in [0.15, 0.2) is 36.7 Å². The average molecular weight is 415 g/mol. The number of aliphatic hydroxyl groups excluding tert-OH is 1. The first-order chi connectivity index (χ1) is 14.0. The van der Waals surface area contributed by atoms with E-state index in [1.165, 1.54) is 6.92 Å². The van der Waals surface area contributed by atoms with E-state index in [1.54, 1.807) is 40.1 Å². The summed E-state index contributed by atoms with van der Waals surface area (Å²) >= 11 is 0. The molecular weight excluding hydrogens is 384 g/mol. The number of carbonyl (C=O) groups is 2. The van der Waals surface area contributed by atoms with E-state index in [-0.39, 0.29) is 0 Å². The van der Waals surface area contributed by atoms with Crippen molar-refractivity contribution in [2.24, 2.45) is 0 Å². The molecule has 8 nitrogen and oxygen atoms in total. The van der Waals surface area contributed by atoms with Gasteiger partial charge in [0.25, 0.3) is 0 Å². The molecule has 0 saturated carbocycles. The molecule has 0 unspecified atom stereocenters. The lowest BCUT2D eigenvalue weighted by atomic mass is 10.1. The predicted octanol–water partition coefficient (Wildman–Crippen LogP) is 2.90. The minimum absolute atomic E-state index is 0.427. The zero-order chi connectivity index (χ0) is 22.5. The van der Waals surface area contributed by atoms with Crippen molar-refractivity contribution in [3.63, 3.8) is 0 Å². The van der Waals surface area contributed by atoms with Crippen molar-refractivity contribution in [1.82, 2.24) is 20.6 Å². The molecule has 0 radical (unpaired) electrons. The number of alkyl carbamates (subject to hydrolysis) is 1. The fourth-order valence-electron chi connectivity index (χ4n) is 2.69. The van der Waals surface area contributed by atoms with Crippen molar-refractivity contribution in [2.45, 2.75) is 65.3 Å². The minimum Gasteiger partial charge on any atom is -0.444 e. The Bertz CT molecular complexity index is 858. The summed E-state index contributed by atoms with van der Waals surface area (Å²) in [6.45, 7) is 10.3. The molecule has 3 N–H and O–H groups in total. The molecule has 3 atom stereocenters. The molecule has 0 aliphatic rings. The number of nitrogens with one attached hydrogen (secondary N) is 2. The van der Waals surface area contributed by atoms with Gasteiger partial charge in [-0.05, 0) is 53.7 Å². The first-order valence-corrected chi connectivity index (χ1v) is 9.83. The highest BCUT2D eigenvalue weighted by atomic mass is 16.6. The van der Waals surface area contributed by atoms with Crippen LogP contribution >= 0.6 is 0 Å². The first kappa shape index (κ1) is 23.3. The quantitative estimate of drug-likeness (QED) is 0.670. The predicted molar refractivity (Wildman–Crippen MR) is 114 cm³/mol. The van der Waals surface area contributed by atoms with Crippen LogP contribution < -0.4 is 10.6 Å². The Morgan fingerprint density at radius 2 is 1.60 bits per heavy atom. The van der Waals surface area contributed by atoms with Gasteiger partial charge in [0.2, 0.25) is 5.91 Å². The Morgan fingerprint density at radius 1 is 1.00 bits per heavy atom. The van der Waals surface area contributed by atoms with Gasteiger partial charge in [-0.1, -0.05) is 12.1 Å². The number of carbonyl (C=O) groups excluding carboxylic acids is 2. The highest BCUT2D eigenvalue weighted by Crippen LogP contribution is 2.19. The molecule has 8 heteroatoms. The summed E-state index contributed by atoms with van der Waals surface area (Å²) in [5, 5.41) is 15.1. The number of nitrogens with zero attached hydrogens (tertiary/aromatic N) is 2. The summed E-state index contributed by atoms with van der Waals surface area (Å²) in [5.74, 6) is -0.531. The number of hydrogen-bond donors (Lipinski definition) is 3. The van der Waals surface area contributed by atoms with Crippen LogP contribution in [0.2, 0.25) is 0 Å². The molecule has 2 aromatic heterocycles. The third-order valence-electron chi connectivity index (χ3n) is 4.27. The molecule has 0 fully saturated rings. The maximum absolute atomic E-state index is 12.6. The van der Waals surface area contributed by atoms with Crippen LogP contribution in [0.5, 0.6) is 0 Å². The topological polar surface area (TPSA) is 113 Å². The monoisotopic (exact) mass is 414 g/mol. The molecule has 0 bridgehead atoms. The molecule has 2 amide bonds. The fraction of sp³-hybridized carbons (Fsp3) is 0.455. The summed E-state index contributed by atoms with van der Waals surface area (Å²) in [7, 11) is 0. The van der Waals surface area contributed by atoms with Gasteiger partial charge in [0.1, 0.15) is 11.6 Å². The van der Waals surface area contributed by atoms with Crippen molar-refractivity contribution in [3.05, 3.63) is 48.0 Å². The van der Waals surface area contributed by atoms with Gasteiger partial charge in [-0.15, -0.1) is 0 Å². The molecule has 2 rings (SSSR count). The van der Waals surface area contributed by atoms with E-state index >= 15 is 0 Å². The summed E-state index contributed by atoms with van der Waals surface area (Å²) in [5.41, 5.74) is 2.74. The Hall–Kier alpha value is -3.00. The Labute approximate surface area is 177 Å². The number of aryl methyl sites for hydroxylation is 1. The fourth-order valence-corrected chi connectivity index (χ4v) is 2.69. The van der Waals surface area contributed by atoms with Gasteiger partial charge in [0, 0.05) is 29.2 Å². The van der Waals surface area contributed by atoms with E-state index in [0.717, 1.165) is 16.8 Å². The number of aliphatic hydroxyl groups is 1. The first-order valence-electron chi connectivity index (χ1n) is 9.83. The van der Waals surface area contributed by atoms with Crippen LogP contribution in [0.25, 0.3) is 11.1 Å². The van der Waals surface area contributed by atoms with Gasteiger partial charge in [0.15, 0.2) is 0 Å². The summed E-state index contributed by atoms with van der Waals surface area (Å²) in [6.07, 6.45) is 1.63. The Balaban J connectivity index is 2.03. The summed E-state index contributed by atoms with van der Waals surface area (Å²) in [6, 6.07) is 6.05. The van der Waals surface area contributed by atoms with Crippen LogP contribution in [-0.2, 0) is 9.53 Å². The third-order valence-corrected chi connectivity index (χ3v) is 4.27. The molecule has 0 aliphatic heterocycles. The highest BCUT2D eigenvalue weighted by Gasteiger charge is 2.29. The SMILES string of the molecule is Cc1ccc(-c2ccc([C@@H](C)NC(=O)[C@@H](NC(=O)OC(C)(C)C)[C@@H](C)O)nc2)cn1. The second kappa shape index (κ2) is 9.67. The number of aromatic nitrogens is 2. The second-order valence-electron chi connectivity index (χ2n) is 8.25. The maximum atomic E-state index is 12.6. The van der Waals surface area contributed by atoms with Gasteiger partial charge in [-0.25, -0.2) is 4.79 Å². The molecule has 0 spiro atoms. The highest BCUT2D eigenvalue weighted by molar-refractivity contribution is 5.86. The maximum Gasteiger partial charge on any atom is 0.408 e.